The standard InChI is InChI=1S/C15H24O3/c1-3-10-18-15-8-6-14(7-9-15)13-17-12-5-4-11-16-2/h6-9H,3-5,10-13H2,1-2H3. The van der Waals surface area contributed by atoms with Crippen molar-refractivity contribution in [2.75, 3.05) is 26.9 Å². The van der Waals surface area contributed by atoms with Gasteiger partial charge < -0.3 is 14.2 Å². The van der Waals surface area contributed by atoms with Gasteiger partial charge >= 0.3 is 0 Å². The van der Waals surface area contributed by atoms with E-state index >= 15 is 0 Å². The molecule has 0 atom stereocenters. The smallest absolute Gasteiger partial charge is 0.119 e. The Hall–Kier alpha value is -1.06. The van der Waals surface area contributed by atoms with E-state index in [0.29, 0.717) is 6.61 Å². The van der Waals surface area contributed by atoms with Crippen LogP contribution in [0.15, 0.2) is 24.3 Å². The number of hydrogen-bond acceptors (Lipinski definition) is 3. The number of methoxy groups -OCH3 is 1. The van der Waals surface area contributed by atoms with Crippen LogP contribution in [0.25, 0.3) is 0 Å². The van der Waals surface area contributed by atoms with Crippen molar-refractivity contribution in [3.8, 4) is 5.75 Å². The fourth-order valence-electron chi connectivity index (χ4n) is 1.54. The van der Waals surface area contributed by atoms with Crippen LogP contribution >= 0.6 is 0 Å². The van der Waals surface area contributed by atoms with E-state index in [1.54, 1.807) is 7.11 Å². The number of rotatable bonds is 10. The lowest BCUT2D eigenvalue weighted by atomic mass is 10.2. The third-order valence-corrected chi connectivity index (χ3v) is 2.55. The van der Waals surface area contributed by atoms with Gasteiger partial charge in [0, 0.05) is 20.3 Å². The Labute approximate surface area is 110 Å². The predicted molar refractivity (Wildman–Crippen MR) is 73.0 cm³/mol. The summed E-state index contributed by atoms with van der Waals surface area (Å²) in [6.07, 6.45) is 3.14. The van der Waals surface area contributed by atoms with Gasteiger partial charge in [-0.3, -0.25) is 0 Å². The highest BCUT2D eigenvalue weighted by molar-refractivity contribution is 5.26. The number of ether oxygens (including phenoxy) is 3. The monoisotopic (exact) mass is 252 g/mol. The van der Waals surface area contributed by atoms with Crippen LogP contribution in [0.4, 0.5) is 0 Å². The minimum Gasteiger partial charge on any atom is -0.494 e. The van der Waals surface area contributed by atoms with Crippen molar-refractivity contribution in [3.05, 3.63) is 29.8 Å². The molecule has 0 aliphatic heterocycles. The van der Waals surface area contributed by atoms with Crippen molar-refractivity contribution in [3.63, 3.8) is 0 Å². The Morgan fingerprint density at radius 2 is 1.67 bits per heavy atom. The summed E-state index contributed by atoms with van der Waals surface area (Å²) in [4.78, 5) is 0. The molecule has 0 unspecified atom stereocenters. The van der Waals surface area contributed by atoms with Gasteiger partial charge in [0.2, 0.25) is 0 Å². The molecule has 0 amide bonds. The lowest BCUT2D eigenvalue weighted by Crippen LogP contribution is -1.98. The summed E-state index contributed by atoms with van der Waals surface area (Å²) in [5.41, 5.74) is 1.19. The van der Waals surface area contributed by atoms with E-state index in [1.807, 2.05) is 12.1 Å². The van der Waals surface area contributed by atoms with Crippen molar-refractivity contribution in [2.24, 2.45) is 0 Å². The molecule has 3 heteroatoms. The summed E-state index contributed by atoms with van der Waals surface area (Å²) in [6.45, 7) is 5.15. The molecule has 1 aromatic rings. The summed E-state index contributed by atoms with van der Waals surface area (Å²) in [7, 11) is 1.73. The van der Waals surface area contributed by atoms with E-state index in [1.165, 1.54) is 5.56 Å². The fraction of sp³-hybridized carbons (Fsp3) is 0.600. The number of benzene rings is 1. The molecule has 18 heavy (non-hydrogen) atoms. The lowest BCUT2D eigenvalue weighted by Gasteiger charge is -2.07. The van der Waals surface area contributed by atoms with Gasteiger partial charge in [-0.15, -0.1) is 0 Å². The van der Waals surface area contributed by atoms with Gasteiger partial charge in [0.05, 0.1) is 13.2 Å². The van der Waals surface area contributed by atoms with Crippen LogP contribution in [-0.4, -0.2) is 26.9 Å². The lowest BCUT2D eigenvalue weighted by molar-refractivity contribution is 0.108. The third-order valence-electron chi connectivity index (χ3n) is 2.55. The molecule has 3 nitrogen and oxygen atoms in total. The highest BCUT2D eigenvalue weighted by Crippen LogP contribution is 2.13. The molecule has 1 rings (SSSR count). The van der Waals surface area contributed by atoms with Gasteiger partial charge in [-0.1, -0.05) is 19.1 Å². The zero-order valence-corrected chi connectivity index (χ0v) is 11.5. The van der Waals surface area contributed by atoms with Crippen molar-refractivity contribution in [2.45, 2.75) is 32.8 Å². The van der Waals surface area contributed by atoms with Crippen LogP contribution in [0.1, 0.15) is 31.7 Å². The van der Waals surface area contributed by atoms with E-state index in [0.717, 1.165) is 44.8 Å². The summed E-state index contributed by atoms with van der Waals surface area (Å²) < 4.78 is 16.1. The van der Waals surface area contributed by atoms with Crippen LogP contribution in [-0.2, 0) is 16.1 Å². The molecule has 0 spiro atoms. The first-order valence-corrected chi connectivity index (χ1v) is 6.65. The van der Waals surface area contributed by atoms with Gasteiger partial charge in [0.15, 0.2) is 0 Å². The molecule has 0 N–H and O–H groups in total. The topological polar surface area (TPSA) is 27.7 Å². The Morgan fingerprint density at radius 3 is 2.33 bits per heavy atom. The van der Waals surface area contributed by atoms with E-state index in [4.69, 9.17) is 14.2 Å². The molecule has 0 radical (unpaired) electrons. The normalized spacial score (nSPS) is 10.6. The molecule has 0 aliphatic carbocycles. The molecule has 0 heterocycles. The van der Waals surface area contributed by atoms with Crippen molar-refractivity contribution in [1.82, 2.24) is 0 Å². The van der Waals surface area contributed by atoms with Gasteiger partial charge in [0.25, 0.3) is 0 Å². The molecule has 0 fully saturated rings. The predicted octanol–water partition coefficient (Wildman–Crippen LogP) is 3.42. The van der Waals surface area contributed by atoms with Gasteiger partial charge in [-0.05, 0) is 37.0 Å². The minimum atomic E-state index is 0.668. The van der Waals surface area contributed by atoms with E-state index in [9.17, 15) is 0 Å². The van der Waals surface area contributed by atoms with Crippen molar-refractivity contribution >= 4 is 0 Å². The summed E-state index contributed by atoms with van der Waals surface area (Å²) in [5.74, 6) is 0.931. The maximum absolute atomic E-state index is 5.59. The number of hydrogen-bond donors (Lipinski definition) is 0. The van der Waals surface area contributed by atoms with Crippen LogP contribution in [0.3, 0.4) is 0 Å². The van der Waals surface area contributed by atoms with Gasteiger partial charge in [-0.2, -0.15) is 0 Å². The van der Waals surface area contributed by atoms with Gasteiger partial charge in [-0.25, -0.2) is 0 Å². The van der Waals surface area contributed by atoms with Gasteiger partial charge in [0.1, 0.15) is 5.75 Å². The second-order valence-electron chi connectivity index (χ2n) is 4.24. The van der Waals surface area contributed by atoms with E-state index in [2.05, 4.69) is 19.1 Å². The summed E-state index contributed by atoms with van der Waals surface area (Å²) >= 11 is 0. The highest BCUT2D eigenvalue weighted by Gasteiger charge is 1.96. The Balaban J connectivity index is 2.14. The summed E-state index contributed by atoms with van der Waals surface area (Å²) in [6, 6.07) is 8.11. The zero-order chi connectivity index (χ0) is 13.1. The molecular weight excluding hydrogens is 228 g/mol. The SMILES string of the molecule is CCCOc1ccc(COCCCCOC)cc1. The second kappa shape index (κ2) is 9.92. The van der Waals surface area contributed by atoms with Crippen LogP contribution < -0.4 is 4.74 Å². The first kappa shape index (κ1) is 15.0. The molecule has 0 aromatic heterocycles. The molecule has 0 bridgehead atoms. The second-order valence-corrected chi connectivity index (χ2v) is 4.24. The minimum absolute atomic E-state index is 0.668. The Kier molecular flexibility index (Phi) is 8.26. The van der Waals surface area contributed by atoms with Crippen LogP contribution in [0.2, 0.25) is 0 Å². The van der Waals surface area contributed by atoms with Crippen molar-refractivity contribution in [1.29, 1.82) is 0 Å². The third kappa shape index (κ3) is 6.62. The zero-order valence-electron chi connectivity index (χ0n) is 11.5. The molecule has 0 saturated carbocycles. The first-order valence-electron chi connectivity index (χ1n) is 6.65. The van der Waals surface area contributed by atoms with Crippen LogP contribution in [0, 0.1) is 0 Å². The van der Waals surface area contributed by atoms with E-state index < -0.39 is 0 Å². The maximum Gasteiger partial charge on any atom is 0.119 e. The first-order chi connectivity index (χ1) is 8.86. The maximum atomic E-state index is 5.59. The highest BCUT2D eigenvalue weighted by atomic mass is 16.5. The molecular formula is C15H24O3. The number of unbranched alkanes of at least 4 members (excludes halogenated alkanes) is 1. The quantitative estimate of drug-likeness (QED) is 0.597. The molecule has 1 aromatic carbocycles. The Morgan fingerprint density at radius 1 is 0.944 bits per heavy atom. The largest absolute Gasteiger partial charge is 0.494 e. The fourth-order valence-corrected chi connectivity index (χ4v) is 1.54. The molecule has 0 saturated heterocycles. The van der Waals surface area contributed by atoms with Crippen molar-refractivity contribution < 1.29 is 14.2 Å². The molecule has 0 aliphatic rings. The molecule has 102 valence electrons. The van der Waals surface area contributed by atoms with E-state index in [-0.39, 0.29) is 0 Å². The van der Waals surface area contributed by atoms with Crippen LogP contribution in [0.5, 0.6) is 5.75 Å². The average molecular weight is 252 g/mol. The summed E-state index contributed by atoms with van der Waals surface area (Å²) in [5, 5.41) is 0. The Bertz CT molecular complexity index is 295. The average Bonchev–Trinajstić information content (AvgIpc) is 2.42.